The van der Waals surface area contributed by atoms with E-state index in [0.29, 0.717) is 57.7 Å². The van der Waals surface area contributed by atoms with Crippen LogP contribution in [-0.4, -0.2) is 52.3 Å². The highest BCUT2D eigenvalue weighted by Gasteiger charge is 2.35. The Morgan fingerprint density at radius 2 is 1.94 bits per heavy atom. The van der Waals surface area contributed by atoms with Gasteiger partial charge < -0.3 is 20.1 Å². The number of hydrogen-bond donors (Lipinski definition) is 2. The number of phenols is 1. The number of anilines is 1. The van der Waals surface area contributed by atoms with Crippen molar-refractivity contribution >= 4 is 39.1 Å². The Bertz CT molecular complexity index is 1540. The van der Waals surface area contributed by atoms with E-state index in [0.717, 1.165) is 12.8 Å². The third-order valence-electron chi connectivity index (χ3n) is 6.75. The number of nitrogens with zero attached hydrogens (tertiary/aromatic N) is 4. The smallest absolute Gasteiger partial charge is 0.318 e. The summed E-state index contributed by atoms with van der Waals surface area (Å²) < 4.78 is 21.6. The normalized spacial score (nSPS) is 19.3. The first kappa shape index (κ1) is 21.8. The molecule has 0 saturated carbocycles. The minimum Gasteiger partial charge on any atom is -0.508 e. The van der Waals surface area contributed by atoms with E-state index in [-0.39, 0.29) is 28.7 Å². The number of methoxy groups -OCH3 is 1. The molecule has 2 N–H and O–H groups in total. The molecule has 2 aliphatic heterocycles. The number of benzene rings is 2. The SMILES string of the molecule is C#Cc1nc(-c2cc(O)cc3cccc(Cl)c23)c(F)c2nc(OC)nc(N3CC4CCC(C3)N4)c12. The van der Waals surface area contributed by atoms with Crippen LogP contribution in [0.2, 0.25) is 5.02 Å². The van der Waals surface area contributed by atoms with Crippen LogP contribution in [-0.2, 0) is 0 Å². The van der Waals surface area contributed by atoms with Crippen LogP contribution in [0.5, 0.6) is 11.8 Å². The number of rotatable bonds is 3. The van der Waals surface area contributed by atoms with Gasteiger partial charge in [0.1, 0.15) is 28.5 Å². The van der Waals surface area contributed by atoms with Gasteiger partial charge in [-0.15, -0.1) is 6.42 Å². The highest BCUT2D eigenvalue weighted by Crippen LogP contribution is 2.40. The Morgan fingerprint density at radius 3 is 2.66 bits per heavy atom. The van der Waals surface area contributed by atoms with Crippen LogP contribution in [0.25, 0.3) is 32.9 Å². The maximum atomic E-state index is 16.3. The summed E-state index contributed by atoms with van der Waals surface area (Å²) in [6, 6.07) is 8.94. The van der Waals surface area contributed by atoms with Crippen LogP contribution in [0, 0.1) is 18.2 Å². The summed E-state index contributed by atoms with van der Waals surface area (Å²) in [6.07, 6.45) is 8.04. The van der Waals surface area contributed by atoms with E-state index in [1.807, 2.05) is 0 Å². The fraction of sp³-hybridized carbons (Fsp3) is 0.269. The lowest BCUT2D eigenvalue weighted by Crippen LogP contribution is -2.51. The van der Waals surface area contributed by atoms with Gasteiger partial charge in [-0.2, -0.15) is 9.97 Å². The summed E-state index contributed by atoms with van der Waals surface area (Å²) >= 11 is 6.49. The van der Waals surface area contributed by atoms with Crippen LogP contribution < -0.4 is 15.0 Å². The average molecular weight is 490 g/mol. The fourth-order valence-electron chi connectivity index (χ4n) is 5.26. The monoisotopic (exact) mass is 489 g/mol. The van der Waals surface area contributed by atoms with Crippen molar-refractivity contribution in [2.45, 2.75) is 24.9 Å². The van der Waals surface area contributed by atoms with Gasteiger partial charge in [0.05, 0.1) is 12.5 Å². The quantitative estimate of drug-likeness (QED) is 0.416. The Morgan fingerprint density at radius 1 is 1.17 bits per heavy atom. The zero-order valence-corrected chi connectivity index (χ0v) is 19.6. The van der Waals surface area contributed by atoms with Crippen molar-refractivity contribution < 1.29 is 14.2 Å². The van der Waals surface area contributed by atoms with E-state index in [1.54, 1.807) is 24.3 Å². The number of phenolic OH excluding ortho intramolecular Hbond substituents is 1. The Hall–Kier alpha value is -3.67. The van der Waals surface area contributed by atoms with E-state index in [9.17, 15) is 5.11 Å². The summed E-state index contributed by atoms with van der Waals surface area (Å²) in [5.74, 6) is 2.38. The number of piperazine rings is 1. The number of terminal acetylenes is 1. The number of fused-ring (bicyclic) bond motifs is 4. The summed E-state index contributed by atoms with van der Waals surface area (Å²) in [5.41, 5.74) is 0.495. The first-order valence-electron chi connectivity index (χ1n) is 11.3. The zero-order valence-electron chi connectivity index (χ0n) is 18.8. The zero-order chi connectivity index (χ0) is 24.3. The van der Waals surface area contributed by atoms with Gasteiger partial charge >= 0.3 is 6.01 Å². The topological polar surface area (TPSA) is 83.4 Å². The average Bonchev–Trinajstić information content (AvgIpc) is 3.20. The number of halogens is 2. The van der Waals surface area contributed by atoms with Gasteiger partial charge in [-0.1, -0.05) is 23.7 Å². The third-order valence-corrected chi connectivity index (χ3v) is 7.06. The lowest BCUT2D eigenvalue weighted by molar-refractivity contribution is 0.380. The van der Waals surface area contributed by atoms with Crippen LogP contribution >= 0.6 is 11.6 Å². The van der Waals surface area contributed by atoms with E-state index in [4.69, 9.17) is 22.8 Å². The van der Waals surface area contributed by atoms with Crippen molar-refractivity contribution in [1.29, 1.82) is 0 Å². The predicted octanol–water partition coefficient (Wildman–Crippen LogP) is 4.27. The van der Waals surface area contributed by atoms with Crippen molar-refractivity contribution in [2.75, 3.05) is 25.1 Å². The molecule has 2 aromatic heterocycles. The maximum Gasteiger partial charge on any atom is 0.318 e. The van der Waals surface area contributed by atoms with Crippen LogP contribution in [0.3, 0.4) is 0 Å². The van der Waals surface area contributed by atoms with Crippen LogP contribution in [0.15, 0.2) is 30.3 Å². The van der Waals surface area contributed by atoms with E-state index in [2.05, 4.69) is 31.1 Å². The van der Waals surface area contributed by atoms with Gasteiger partial charge in [0.2, 0.25) is 0 Å². The van der Waals surface area contributed by atoms with Crippen molar-refractivity contribution in [3.05, 3.63) is 46.9 Å². The molecule has 2 saturated heterocycles. The van der Waals surface area contributed by atoms with Gasteiger partial charge in [0, 0.05) is 41.1 Å². The fourth-order valence-corrected chi connectivity index (χ4v) is 5.54. The van der Waals surface area contributed by atoms with Crippen LogP contribution in [0.4, 0.5) is 10.2 Å². The third kappa shape index (κ3) is 3.51. The largest absolute Gasteiger partial charge is 0.508 e. The lowest BCUT2D eigenvalue weighted by atomic mass is 9.99. The van der Waals surface area contributed by atoms with Crippen molar-refractivity contribution in [1.82, 2.24) is 20.3 Å². The van der Waals surface area contributed by atoms with E-state index >= 15 is 4.39 Å². The molecule has 2 bridgehead atoms. The van der Waals surface area contributed by atoms with Gasteiger partial charge in [-0.25, -0.2) is 9.37 Å². The van der Waals surface area contributed by atoms with Gasteiger partial charge in [0.25, 0.3) is 0 Å². The second-order valence-electron chi connectivity index (χ2n) is 8.90. The molecule has 2 unspecified atom stereocenters. The summed E-state index contributed by atoms with van der Waals surface area (Å²) in [5, 5.41) is 15.9. The second kappa shape index (κ2) is 8.22. The molecule has 0 amide bonds. The number of aromatic hydroxyl groups is 1. The first-order valence-corrected chi connectivity index (χ1v) is 11.7. The highest BCUT2D eigenvalue weighted by molar-refractivity contribution is 6.36. The van der Waals surface area contributed by atoms with Crippen molar-refractivity contribution in [2.24, 2.45) is 0 Å². The number of aromatic nitrogens is 3. The molecule has 2 fully saturated rings. The molecule has 2 atom stereocenters. The standard InChI is InChI=1S/C26H21ClFN5O2/c1-3-19-21-24(31-26(35-2)32-25(21)33-11-14-7-8-15(12-33)29-14)22(28)23(30-19)17-10-16(34)9-13-5-4-6-18(27)20(13)17/h1,4-6,9-10,14-15,29,34H,7-8,11-12H2,2H3. The van der Waals surface area contributed by atoms with E-state index in [1.165, 1.54) is 13.2 Å². The Balaban J connectivity index is 1.65. The molecule has 9 heteroatoms. The van der Waals surface area contributed by atoms with Crippen molar-refractivity contribution in [3.63, 3.8) is 0 Å². The maximum absolute atomic E-state index is 16.3. The van der Waals surface area contributed by atoms with Gasteiger partial charge in [0.15, 0.2) is 5.82 Å². The molecule has 4 aromatic rings. The lowest BCUT2D eigenvalue weighted by Gasteiger charge is -2.34. The number of ether oxygens (including phenoxy) is 1. The molecule has 35 heavy (non-hydrogen) atoms. The molecular formula is C26H21ClFN5O2. The summed E-state index contributed by atoms with van der Waals surface area (Å²) in [4.78, 5) is 15.6. The Labute approximate surface area is 205 Å². The molecule has 4 heterocycles. The van der Waals surface area contributed by atoms with Crippen molar-refractivity contribution in [3.8, 4) is 35.4 Å². The first-order chi connectivity index (χ1) is 17.0. The molecule has 176 valence electrons. The molecule has 0 spiro atoms. The van der Waals surface area contributed by atoms with E-state index < -0.39 is 5.82 Å². The molecule has 0 radical (unpaired) electrons. The van der Waals surface area contributed by atoms with Gasteiger partial charge in [-0.3, -0.25) is 0 Å². The minimum atomic E-state index is -0.689. The molecule has 6 rings (SSSR count). The highest BCUT2D eigenvalue weighted by atomic mass is 35.5. The number of nitrogens with one attached hydrogen (secondary N) is 1. The molecule has 2 aromatic carbocycles. The Kier molecular flexibility index (Phi) is 5.13. The summed E-state index contributed by atoms with van der Waals surface area (Å²) in [6.45, 7) is 1.43. The predicted molar refractivity (Wildman–Crippen MR) is 134 cm³/mol. The minimum absolute atomic E-state index is 0.0132. The second-order valence-corrected chi connectivity index (χ2v) is 9.31. The molecule has 2 aliphatic rings. The molecule has 7 nitrogen and oxygen atoms in total. The number of pyridine rings is 1. The van der Waals surface area contributed by atoms with Gasteiger partial charge in [-0.05, 0) is 42.3 Å². The number of hydrogen-bond acceptors (Lipinski definition) is 7. The molecule has 0 aliphatic carbocycles. The summed E-state index contributed by atoms with van der Waals surface area (Å²) in [7, 11) is 1.44. The van der Waals surface area contributed by atoms with Crippen LogP contribution in [0.1, 0.15) is 18.5 Å². The molecular weight excluding hydrogens is 469 g/mol.